The van der Waals surface area contributed by atoms with Crippen LogP contribution in [0, 0.1) is 0 Å². The van der Waals surface area contributed by atoms with Crippen molar-refractivity contribution in [2.45, 2.75) is 19.3 Å². The number of nitrogens with zero attached hydrogens (tertiary/aromatic N) is 1. The molecule has 0 aliphatic carbocycles. The van der Waals surface area contributed by atoms with Crippen molar-refractivity contribution in [1.82, 2.24) is 4.98 Å². The Labute approximate surface area is 113 Å². The van der Waals surface area contributed by atoms with E-state index in [9.17, 15) is 4.79 Å². The molecule has 2 heterocycles. The van der Waals surface area contributed by atoms with Crippen LogP contribution in [0.1, 0.15) is 28.4 Å². The average Bonchev–Trinajstić information content (AvgIpc) is 2.98. The van der Waals surface area contributed by atoms with Gasteiger partial charge in [-0.25, -0.2) is 9.78 Å². The number of carboxylic acids is 1. The molecular formula is C12H14N2O2S2. The lowest BCUT2D eigenvalue weighted by Gasteiger charge is -2.23. The molecule has 0 unspecified atom stereocenters. The van der Waals surface area contributed by atoms with Crippen molar-refractivity contribution in [2.75, 3.05) is 11.9 Å². The van der Waals surface area contributed by atoms with Gasteiger partial charge in [-0.3, -0.25) is 0 Å². The quantitative estimate of drug-likeness (QED) is 0.883. The van der Waals surface area contributed by atoms with Crippen LogP contribution in [0.2, 0.25) is 0 Å². The second-order valence-electron chi connectivity index (χ2n) is 4.55. The predicted molar refractivity (Wildman–Crippen MR) is 74.9 cm³/mol. The van der Waals surface area contributed by atoms with Crippen LogP contribution in [-0.4, -0.2) is 22.6 Å². The lowest BCUT2D eigenvalue weighted by atomic mass is 9.91. The molecule has 2 rings (SSSR count). The Kier molecular flexibility index (Phi) is 3.68. The fourth-order valence-electron chi connectivity index (χ4n) is 1.50. The van der Waals surface area contributed by atoms with Crippen molar-refractivity contribution >= 4 is 33.8 Å². The van der Waals surface area contributed by atoms with Crippen molar-refractivity contribution in [3.8, 4) is 0 Å². The maximum atomic E-state index is 10.7. The zero-order valence-electron chi connectivity index (χ0n) is 10.1. The van der Waals surface area contributed by atoms with Gasteiger partial charge in [-0.2, -0.15) is 0 Å². The first kappa shape index (κ1) is 13.0. The molecule has 0 saturated carbocycles. The number of hydrogen-bond donors (Lipinski definition) is 2. The molecule has 2 N–H and O–H groups in total. The number of thiophene rings is 1. The molecule has 2 aromatic rings. The first-order valence-electron chi connectivity index (χ1n) is 5.46. The standard InChI is InChI=1S/C12H14N2O2S2/c1-12(2,9-4-3-5-17-9)7-14-11-13-6-8(18-11)10(15)16/h3-6H,7H2,1-2H3,(H,13,14)(H,15,16). The summed E-state index contributed by atoms with van der Waals surface area (Å²) in [6.07, 6.45) is 1.38. The number of thiazole rings is 1. The van der Waals surface area contributed by atoms with Crippen LogP contribution in [-0.2, 0) is 5.41 Å². The highest BCUT2D eigenvalue weighted by Gasteiger charge is 2.22. The molecule has 0 bridgehead atoms. The van der Waals surface area contributed by atoms with E-state index in [1.54, 1.807) is 11.3 Å². The zero-order chi connectivity index (χ0) is 13.2. The van der Waals surface area contributed by atoms with Crippen LogP contribution >= 0.6 is 22.7 Å². The number of anilines is 1. The highest BCUT2D eigenvalue weighted by atomic mass is 32.1. The number of carbonyl (C=O) groups is 1. The minimum Gasteiger partial charge on any atom is -0.477 e. The third-order valence-electron chi connectivity index (χ3n) is 2.59. The summed E-state index contributed by atoms with van der Waals surface area (Å²) in [6, 6.07) is 4.14. The third-order valence-corrected chi connectivity index (χ3v) is 4.77. The largest absolute Gasteiger partial charge is 0.477 e. The average molecular weight is 282 g/mol. The number of aromatic nitrogens is 1. The number of nitrogens with one attached hydrogen (secondary N) is 1. The van der Waals surface area contributed by atoms with Gasteiger partial charge < -0.3 is 10.4 Å². The number of rotatable bonds is 5. The van der Waals surface area contributed by atoms with E-state index < -0.39 is 5.97 Å². The van der Waals surface area contributed by atoms with E-state index in [2.05, 4.69) is 35.6 Å². The van der Waals surface area contributed by atoms with Crippen LogP contribution in [0.15, 0.2) is 23.7 Å². The second-order valence-corrected chi connectivity index (χ2v) is 6.53. The van der Waals surface area contributed by atoms with Crippen LogP contribution in [0.4, 0.5) is 5.13 Å². The SMILES string of the molecule is CC(C)(CNc1ncc(C(=O)O)s1)c1cccs1. The number of hydrogen-bond acceptors (Lipinski definition) is 5. The fourth-order valence-corrected chi connectivity index (χ4v) is 3.00. The fraction of sp³-hybridized carbons (Fsp3) is 0.333. The predicted octanol–water partition coefficient (Wildman–Crippen LogP) is 3.29. The molecule has 6 heteroatoms. The molecule has 0 atom stereocenters. The minimum atomic E-state index is -0.932. The molecule has 0 fully saturated rings. The third kappa shape index (κ3) is 2.88. The molecule has 18 heavy (non-hydrogen) atoms. The van der Waals surface area contributed by atoms with Gasteiger partial charge in [-0.15, -0.1) is 11.3 Å². The van der Waals surface area contributed by atoms with Crippen LogP contribution in [0.5, 0.6) is 0 Å². The Bertz CT molecular complexity index is 532. The Morgan fingerprint density at radius 1 is 1.56 bits per heavy atom. The van der Waals surface area contributed by atoms with Gasteiger partial charge in [0.25, 0.3) is 0 Å². The molecule has 2 aromatic heterocycles. The van der Waals surface area contributed by atoms with Gasteiger partial charge >= 0.3 is 5.97 Å². The summed E-state index contributed by atoms with van der Waals surface area (Å²) in [4.78, 5) is 16.4. The van der Waals surface area contributed by atoms with E-state index >= 15 is 0 Å². The van der Waals surface area contributed by atoms with Gasteiger partial charge in [0.2, 0.25) is 0 Å². The summed E-state index contributed by atoms with van der Waals surface area (Å²) in [5.41, 5.74) is 0.00320. The monoisotopic (exact) mass is 282 g/mol. The molecule has 96 valence electrons. The summed E-state index contributed by atoms with van der Waals surface area (Å²) in [6.45, 7) is 5.02. The second kappa shape index (κ2) is 5.07. The molecule has 0 spiro atoms. The molecule has 0 amide bonds. The van der Waals surface area contributed by atoms with Gasteiger partial charge in [-0.1, -0.05) is 31.3 Å². The molecule has 0 aliphatic rings. The van der Waals surface area contributed by atoms with Crippen molar-refractivity contribution in [3.63, 3.8) is 0 Å². The van der Waals surface area contributed by atoms with E-state index in [1.807, 2.05) is 6.07 Å². The van der Waals surface area contributed by atoms with Crippen LogP contribution < -0.4 is 5.32 Å². The van der Waals surface area contributed by atoms with E-state index in [1.165, 1.54) is 11.1 Å². The van der Waals surface area contributed by atoms with Crippen molar-refractivity contribution in [1.29, 1.82) is 0 Å². The molecule has 4 nitrogen and oxygen atoms in total. The van der Waals surface area contributed by atoms with E-state index in [0.717, 1.165) is 17.9 Å². The summed E-state index contributed by atoms with van der Waals surface area (Å²) < 4.78 is 0. The topological polar surface area (TPSA) is 62.2 Å². The lowest BCUT2D eigenvalue weighted by molar-refractivity contribution is 0.0702. The van der Waals surface area contributed by atoms with E-state index in [-0.39, 0.29) is 10.3 Å². The van der Waals surface area contributed by atoms with E-state index in [4.69, 9.17) is 5.11 Å². The first-order valence-corrected chi connectivity index (χ1v) is 7.15. The van der Waals surface area contributed by atoms with Crippen LogP contribution in [0.25, 0.3) is 0 Å². The number of carboxylic acid groups (broad SMARTS) is 1. The van der Waals surface area contributed by atoms with Gasteiger partial charge in [-0.05, 0) is 11.4 Å². The maximum Gasteiger partial charge on any atom is 0.347 e. The van der Waals surface area contributed by atoms with Crippen molar-refractivity contribution in [2.24, 2.45) is 0 Å². The molecule has 0 aliphatic heterocycles. The Balaban J connectivity index is 2.00. The zero-order valence-corrected chi connectivity index (χ0v) is 11.8. The number of aromatic carboxylic acids is 1. The van der Waals surface area contributed by atoms with Crippen LogP contribution in [0.3, 0.4) is 0 Å². The van der Waals surface area contributed by atoms with Crippen molar-refractivity contribution < 1.29 is 9.90 Å². The Morgan fingerprint density at radius 2 is 2.33 bits per heavy atom. The summed E-state index contributed by atoms with van der Waals surface area (Å²) >= 11 is 2.88. The summed E-state index contributed by atoms with van der Waals surface area (Å²) in [5, 5.41) is 14.7. The summed E-state index contributed by atoms with van der Waals surface area (Å²) in [5.74, 6) is -0.932. The summed E-state index contributed by atoms with van der Waals surface area (Å²) in [7, 11) is 0. The van der Waals surface area contributed by atoms with E-state index in [0.29, 0.717) is 5.13 Å². The normalized spacial score (nSPS) is 11.4. The highest BCUT2D eigenvalue weighted by molar-refractivity contribution is 7.17. The first-order chi connectivity index (χ1) is 8.49. The Morgan fingerprint density at radius 3 is 2.89 bits per heavy atom. The lowest BCUT2D eigenvalue weighted by Crippen LogP contribution is -2.26. The maximum absolute atomic E-state index is 10.7. The smallest absolute Gasteiger partial charge is 0.347 e. The Hall–Kier alpha value is -1.40. The molecule has 0 radical (unpaired) electrons. The van der Waals surface area contributed by atoms with Gasteiger partial charge in [0.1, 0.15) is 4.88 Å². The minimum absolute atomic E-state index is 0.00320. The van der Waals surface area contributed by atoms with Gasteiger partial charge in [0.05, 0.1) is 6.20 Å². The molecular weight excluding hydrogens is 268 g/mol. The van der Waals surface area contributed by atoms with Crippen molar-refractivity contribution in [3.05, 3.63) is 33.5 Å². The van der Waals surface area contributed by atoms with Gasteiger partial charge in [0, 0.05) is 16.8 Å². The highest BCUT2D eigenvalue weighted by Crippen LogP contribution is 2.28. The molecule has 0 saturated heterocycles. The van der Waals surface area contributed by atoms with Gasteiger partial charge in [0.15, 0.2) is 5.13 Å². The molecule has 0 aromatic carbocycles.